The zero-order valence-corrected chi connectivity index (χ0v) is 17.5. The summed E-state index contributed by atoms with van der Waals surface area (Å²) in [5.74, 6) is -0.667. The molecule has 2 heterocycles. The van der Waals surface area contributed by atoms with E-state index in [9.17, 15) is 18.0 Å². The van der Waals surface area contributed by atoms with E-state index in [1.807, 2.05) is 30.3 Å². The highest BCUT2D eigenvalue weighted by atomic mass is 35.5. The first-order chi connectivity index (χ1) is 15.2. The molecule has 6 nitrogen and oxygen atoms in total. The van der Waals surface area contributed by atoms with Gasteiger partial charge in [-0.2, -0.15) is 23.4 Å². The number of hydrogen-bond acceptors (Lipinski definition) is 3. The summed E-state index contributed by atoms with van der Waals surface area (Å²) < 4.78 is 42.7. The number of amides is 1. The van der Waals surface area contributed by atoms with Crippen molar-refractivity contribution < 1.29 is 18.0 Å². The fraction of sp³-hybridized carbons (Fsp3) is 0.136. The summed E-state index contributed by atoms with van der Waals surface area (Å²) >= 11 is 6.43. The third-order valence-corrected chi connectivity index (χ3v) is 5.18. The second-order valence-corrected chi connectivity index (χ2v) is 7.39. The molecule has 0 aliphatic heterocycles. The Morgan fingerprint density at radius 3 is 2.53 bits per heavy atom. The molecule has 2 aromatic heterocycles. The zero-order valence-electron chi connectivity index (χ0n) is 16.8. The van der Waals surface area contributed by atoms with E-state index in [2.05, 4.69) is 15.5 Å². The number of rotatable bonds is 5. The summed E-state index contributed by atoms with van der Waals surface area (Å²) in [6.07, 6.45) is -1.53. The van der Waals surface area contributed by atoms with Gasteiger partial charge in [-0.3, -0.25) is 4.79 Å². The monoisotopic (exact) mass is 459 g/mol. The van der Waals surface area contributed by atoms with E-state index in [1.54, 1.807) is 19.2 Å². The van der Waals surface area contributed by atoms with Crippen LogP contribution in [0.1, 0.15) is 27.2 Å². The minimum Gasteiger partial charge on any atom is -0.320 e. The van der Waals surface area contributed by atoms with E-state index in [4.69, 9.17) is 11.6 Å². The summed E-state index contributed by atoms with van der Waals surface area (Å²) in [6.45, 7) is 1.96. The van der Waals surface area contributed by atoms with Gasteiger partial charge in [-0.05, 0) is 36.8 Å². The predicted octanol–water partition coefficient (Wildman–Crippen LogP) is 5.35. The maximum atomic E-state index is 13.3. The first-order valence-electron chi connectivity index (χ1n) is 9.53. The van der Waals surface area contributed by atoms with Gasteiger partial charge in [-0.25, -0.2) is 9.36 Å². The van der Waals surface area contributed by atoms with Crippen molar-refractivity contribution in [2.75, 3.05) is 5.32 Å². The van der Waals surface area contributed by atoms with Gasteiger partial charge in [-0.15, -0.1) is 0 Å². The molecule has 1 amide bonds. The lowest BCUT2D eigenvalue weighted by molar-refractivity contribution is -0.137. The zero-order chi connectivity index (χ0) is 22.9. The predicted molar refractivity (Wildman–Crippen MR) is 114 cm³/mol. The number of anilines is 1. The van der Waals surface area contributed by atoms with Crippen molar-refractivity contribution in [2.24, 2.45) is 0 Å². The lowest BCUT2D eigenvalue weighted by atomic mass is 10.1. The second kappa shape index (κ2) is 8.51. The highest BCUT2D eigenvalue weighted by Crippen LogP contribution is 2.34. The number of benzene rings is 2. The van der Waals surface area contributed by atoms with Crippen molar-refractivity contribution in [1.82, 2.24) is 19.6 Å². The molecule has 32 heavy (non-hydrogen) atoms. The second-order valence-electron chi connectivity index (χ2n) is 7.03. The summed E-state index contributed by atoms with van der Waals surface area (Å²) in [5.41, 5.74) is 0.707. The highest BCUT2D eigenvalue weighted by Gasteiger charge is 2.32. The van der Waals surface area contributed by atoms with E-state index >= 15 is 0 Å². The lowest BCUT2D eigenvalue weighted by Crippen LogP contribution is -2.16. The average Bonchev–Trinajstić information content (AvgIpc) is 3.36. The highest BCUT2D eigenvalue weighted by molar-refractivity contribution is 6.33. The quantitative estimate of drug-likeness (QED) is 0.437. The number of carbonyl (C=O) groups excluding carboxylic acids is 1. The van der Waals surface area contributed by atoms with Crippen LogP contribution in [0.3, 0.4) is 0 Å². The van der Waals surface area contributed by atoms with Gasteiger partial charge in [0.2, 0.25) is 0 Å². The Bertz CT molecular complexity index is 1250. The number of nitrogens with one attached hydrogen (secondary N) is 1. The summed E-state index contributed by atoms with van der Waals surface area (Å²) in [6, 6.07) is 14.1. The Balaban J connectivity index is 1.68. The average molecular weight is 460 g/mol. The topological polar surface area (TPSA) is 64.7 Å². The molecule has 0 spiro atoms. The first kappa shape index (κ1) is 21.6. The van der Waals surface area contributed by atoms with E-state index in [-0.39, 0.29) is 22.1 Å². The number of aromatic nitrogens is 4. The standard InChI is InChI=1S/C22H17ClF3N5O/c1-14-19(20(23)31(29-14)13-15-6-3-2-4-7-15)21(32)28-17-12-16(22(24,25)26)8-9-18(17)30-11-5-10-27-30/h2-12H,13H2,1H3,(H,28,32). The molecular weight excluding hydrogens is 443 g/mol. The van der Waals surface area contributed by atoms with Crippen molar-refractivity contribution in [3.63, 3.8) is 0 Å². The van der Waals surface area contributed by atoms with Gasteiger partial charge >= 0.3 is 6.18 Å². The number of carbonyl (C=O) groups is 1. The molecule has 2 aromatic carbocycles. The van der Waals surface area contributed by atoms with Crippen LogP contribution in [0.4, 0.5) is 18.9 Å². The Hall–Kier alpha value is -3.59. The molecule has 1 N–H and O–H groups in total. The van der Waals surface area contributed by atoms with Crippen LogP contribution < -0.4 is 5.32 Å². The smallest absolute Gasteiger partial charge is 0.320 e. The molecule has 10 heteroatoms. The maximum Gasteiger partial charge on any atom is 0.416 e. The molecule has 4 aromatic rings. The fourth-order valence-corrected chi connectivity index (χ4v) is 3.60. The number of nitrogens with zero attached hydrogens (tertiary/aromatic N) is 4. The van der Waals surface area contributed by atoms with Gasteiger partial charge in [0.05, 0.1) is 34.7 Å². The van der Waals surface area contributed by atoms with Gasteiger partial charge < -0.3 is 5.32 Å². The van der Waals surface area contributed by atoms with Crippen molar-refractivity contribution in [1.29, 1.82) is 0 Å². The van der Waals surface area contributed by atoms with Crippen LogP contribution in [0.15, 0.2) is 67.0 Å². The number of alkyl halides is 3. The van der Waals surface area contributed by atoms with E-state index in [0.29, 0.717) is 12.2 Å². The lowest BCUT2D eigenvalue weighted by Gasteiger charge is -2.14. The van der Waals surface area contributed by atoms with Gasteiger partial charge in [0.15, 0.2) is 0 Å². The van der Waals surface area contributed by atoms with Gasteiger partial charge in [-0.1, -0.05) is 41.9 Å². The van der Waals surface area contributed by atoms with Crippen molar-refractivity contribution >= 4 is 23.2 Å². The van der Waals surface area contributed by atoms with Gasteiger partial charge in [0, 0.05) is 12.4 Å². The number of aryl methyl sites for hydroxylation is 1. The minimum atomic E-state index is -4.57. The molecule has 0 aliphatic carbocycles. The first-order valence-corrected chi connectivity index (χ1v) is 9.91. The molecule has 0 aliphatic rings. The molecule has 0 atom stereocenters. The maximum absolute atomic E-state index is 13.3. The molecule has 0 unspecified atom stereocenters. The van der Waals surface area contributed by atoms with Crippen LogP contribution in [0.5, 0.6) is 0 Å². The van der Waals surface area contributed by atoms with Gasteiger partial charge in [0.1, 0.15) is 5.15 Å². The SMILES string of the molecule is Cc1nn(Cc2ccccc2)c(Cl)c1C(=O)Nc1cc(C(F)(F)F)ccc1-n1cccn1. The fourth-order valence-electron chi connectivity index (χ4n) is 3.28. The number of hydrogen-bond donors (Lipinski definition) is 1. The van der Waals surface area contributed by atoms with Crippen LogP contribution in [-0.2, 0) is 12.7 Å². The third-order valence-electron chi connectivity index (χ3n) is 4.79. The Kier molecular flexibility index (Phi) is 5.75. The summed E-state index contributed by atoms with van der Waals surface area (Å²) in [4.78, 5) is 13.0. The van der Waals surface area contributed by atoms with E-state index in [0.717, 1.165) is 17.7 Å². The molecule has 0 fully saturated rings. The largest absolute Gasteiger partial charge is 0.416 e. The molecule has 4 rings (SSSR count). The molecule has 0 saturated heterocycles. The van der Waals surface area contributed by atoms with Crippen molar-refractivity contribution in [2.45, 2.75) is 19.6 Å². The molecule has 0 radical (unpaired) electrons. The van der Waals surface area contributed by atoms with E-state index in [1.165, 1.54) is 21.6 Å². The van der Waals surface area contributed by atoms with Crippen LogP contribution in [0.25, 0.3) is 5.69 Å². The van der Waals surface area contributed by atoms with Crippen molar-refractivity contribution in [3.8, 4) is 5.69 Å². The van der Waals surface area contributed by atoms with Gasteiger partial charge in [0.25, 0.3) is 5.91 Å². The molecule has 0 saturated carbocycles. The minimum absolute atomic E-state index is 0.0557. The Morgan fingerprint density at radius 2 is 1.88 bits per heavy atom. The van der Waals surface area contributed by atoms with Crippen LogP contribution in [-0.4, -0.2) is 25.5 Å². The molecular formula is C22H17ClF3N5O. The number of halogens is 4. The van der Waals surface area contributed by atoms with Crippen molar-refractivity contribution in [3.05, 3.63) is 94.5 Å². The van der Waals surface area contributed by atoms with Crippen LogP contribution in [0.2, 0.25) is 5.15 Å². The van der Waals surface area contributed by atoms with Crippen LogP contribution >= 0.6 is 11.6 Å². The van der Waals surface area contributed by atoms with Crippen LogP contribution in [0, 0.1) is 6.92 Å². The normalized spacial score (nSPS) is 11.5. The summed E-state index contributed by atoms with van der Waals surface area (Å²) in [7, 11) is 0. The summed E-state index contributed by atoms with van der Waals surface area (Å²) in [5, 5.41) is 11.0. The molecule has 0 bridgehead atoms. The Morgan fingerprint density at radius 1 is 1.12 bits per heavy atom. The third kappa shape index (κ3) is 4.38. The molecule has 164 valence electrons. The van der Waals surface area contributed by atoms with E-state index < -0.39 is 17.6 Å². The Labute approximate surface area is 186 Å².